The Morgan fingerprint density at radius 1 is 1.18 bits per heavy atom. The van der Waals surface area contributed by atoms with Crippen LogP contribution in [-0.2, 0) is 9.53 Å². The number of nitriles is 1. The van der Waals surface area contributed by atoms with Crippen molar-refractivity contribution in [2.24, 2.45) is 0 Å². The van der Waals surface area contributed by atoms with E-state index in [9.17, 15) is 19.6 Å². The Morgan fingerprint density at radius 3 is 2.64 bits per heavy atom. The summed E-state index contributed by atoms with van der Waals surface area (Å²) in [7, 11) is 0. The van der Waals surface area contributed by atoms with Gasteiger partial charge in [0.05, 0.1) is 43.2 Å². The third kappa shape index (κ3) is 6.77. The van der Waals surface area contributed by atoms with E-state index in [1.807, 2.05) is 4.90 Å². The number of hydrogen-bond acceptors (Lipinski definition) is 12. The zero-order valence-corrected chi connectivity index (χ0v) is 24.6. The van der Waals surface area contributed by atoms with Crippen molar-refractivity contribution >= 4 is 23.4 Å². The number of hydrogen-bond donors (Lipinski definition) is 2. The number of carbonyl (C=O) groups is 1. The van der Waals surface area contributed by atoms with E-state index in [1.165, 1.54) is 36.5 Å². The number of likely N-dealkylation sites (tertiary alicyclic amines) is 1. The number of anilines is 3. The summed E-state index contributed by atoms with van der Waals surface area (Å²) >= 11 is 0. The molecule has 236 valence electrons. The summed E-state index contributed by atoms with van der Waals surface area (Å²) < 4.78 is 41.1. The third-order valence-electron chi connectivity index (χ3n) is 8.19. The minimum absolute atomic E-state index is 0.154. The van der Waals surface area contributed by atoms with Crippen molar-refractivity contribution < 1.29 is 28.2 Å². The molecule has 6 rings (SSSR count). The van der Waals surface area contributed by atoms with Gasteiger partial charge in [0.2, 0.25) is 5.95 Å². The molecule has 45 heavy (non-hydrogen) atoms. The second-order valence-electron chi connectivity index (χ2n) is 11.2. The maximum absolute atomic E-state index is 15.1. The van der Waals surface area contributed by atoms with Gasteiger partial charge in [-0.1, -0.05) is 0 Å². The molecule has 0 radical (unpaired) electrons. The zero-order chi connectivity index (χ0) is 31.5. The average Bonchev–Trinajstić information content (AvgIpc) is 3.01. The predicted molar refractivity (Wildman–Crippen MR) is 158 cm³/mol. The lowest BCUT2D eigenvalue weighted by Crippen LogP contribution is -2.56. The number of aromatic nitrogens is 4. The van der Waals surface area contributed by atoms with Gasteiger partial charge in [-0.15, -0.1) is 0 Å². The fourth-order valence-corrected chi connectivity index (χ4v) is 5.59. The highest BCUT2D eigenvalue weighted by molar-refractivity contribution is 5.80. The Bertz CT molecular complexity index is 1580. The van der Waals surface area contributed by atoms with Gasteiger partial charge in [0.1, 0.15) is 30.4 Å². The number of nitrogens with zero attached hydrogens (tertiary/aromatic N) is 8. The van der Waals surface area contributed by atoms with E-state index in [-0.39, 0.29) is 42.6 Å². The quantitative estimate of drug-likeness (QED) is 0.378. The summed E-state index contributed by atoms with van der Waals surface area (Å²) in [4.78, 5) is 34.7. The molecule has 0 spiro atoms. The van der Waals surface area contributed by atoms with Crippen LogP contribution in [0.15, 0.2) is 36.8 Å². The largest absolute Gasteiger partial charge is 0.486 e. The summed E-state index contributed by atoms with van der Waals surface area (Å²) in [5.41, 5.74) is 1.01. The van der Waals surface area contributed by atoms with Gasteiger partial charge in [0.25, 0.3) is 5.91 Å². The highest BCUT2D eigenvalue weighted by atomic mass is 19.1. The minimum atomic E-state index is -1.49. The lowest BCUT2D eigenvalue weighted by Gasteiger charge is -2.42. The molecule has 0 aliphatic carbocycles. The molecule has 1 aromatic carbocycles. The van der Waals surface area contributed by atoms with E-state index in [0.29, 0.717) is 36.2 Å². The number of pyridine rings is 1. The summed E-state index contributed by atoms with van der Waals surface area (Å²) in [6.45, 7) is 5.88. The van der Waals surface area contributed by atoms with Crippen LogP contribution in [0.5, 0.6) is 5.75 Å². The van der Waals surface area contributed by atoms with E-state index in [4.69, 9.17) is 9.47 Å². The average molecular weight is 622 g/mol. The van der Waals surface area contributed by atoms with Crippen molar-refractivity contribution in [3.63, 3.8) is 0 Å². The first-order valence-electron chi connectivity index (χ1n) is 14.8. The monoisotopic (exact) mass is 621 g/mol. The Balaban J connectivity index is 1.09. The first-order chi connectivity index (χ1) is 21.8. The highest BCUT2D eigenvalue weighted by Gasteiger charge is 2.35. The highest BCUT2D eigenvalue weighted by Crippen LogP contribution is 2.29. The van der Waals surface area contributed by atoms with Gasteiger partial charge in [0.15, 0.2) is 23.6 Å². The fraction of sp³-hybridized carbons (Fsp3) is 0.467. The molecular weight excluding hydrogens is 588 g/mol. The lowest BCUT2D eigenvalue weighted by molar-refractivity contribution is -0.143. The molecule has 3 atom stereocenters. The standard InChI is InChI=1S/C30H33F2N9O4/c1-18(42)29(43)41-5-4-26(24(32)14-41)45-25-3-2-19(10-20(25)12-33)27-35-17-36-30(38-27)37-21-11-23(31)28(34-13-21)40-8-6-39(7-9-40)22-15-44-16-22/h2-3,10-11,13,17-18,22,24,26,42H,4-9,14-16H2,1H3,(H,35,36,37,38)/t18-,24-,26-/m0/s1. The number of piperazine rings is 1. The number of aliphatic hydroxyl groups excluding tert-OH is 1. The molecule has 13 nitrogen and oxygen atoms in total. The van der Waals surface area contributed by atoms with Crippen molar-refractivity contribution in [1.82, 2.24) is 29.7 Å². The summed E-state index contributed by atoms with van der Waals surface area (Å²) in [6, 6.07) is 8.58. The van der Waals surface area contributed by atoms with Crippen LogP contribution in [0.2, 0.25) is 0 Å². The van der Waals surface area contributed by atoms with Crippen molar-refractivity contribution in [3.8, 4) is 23.2 Å². The number of carbonyl (C=O) groups excluding carboxylic acids is 1. The van der Waals surface area contributed by atoms with Crippen LogP contribution in [0.3, 0.4) is 0 Å². The molecule has 2 aromatic heterocycles. The van der Waals surface area contributed by atoms with Crippen LogP contribution in [0, 0.1) is 17.1 Å². The number of halogens is 2. The zero-order valence-electron chi connectivity index (χ0n) is 24.6. The first-order valence-corrected chi connectivity index (χ1v) is 14.8. The normalized spacial score (nSPS) is 21.5. The molecule has 5 heterocycles. The number of alkyl halides is 1. The van der Waals surface area contributed by atoms with Crippen LogP contribution in [0.4, 0.5) is 26.2 Å². The van der Waals surface area contributed by atoms with Gasteiger partial charge in [-0.3, -0.25) is 9.69 Å². The SMILES string of the molecule is C[C@H](O)C(=O)N1CC[C@H](Oc2ccc(-c3ncnc(Nc4cnc(N5CCN(C6COC6)CC5)c(F)c4)n3)cc2C#N)[C@@H](F)C1. The van der Waals surface area contributed by atoms with Crippen LogP contribution in [0.25, 0.3) is 11.4 Å². The molecule has 3 aliphatic rings. The van der Waals surface area contributed by atoms with Crippen LogP contribution >= 0.6 is 0 Å². The van der Waals surface area contributed by atoms with Crippen LogP contribution < -0.4 is 15.0 Å². The first kappa shape index (κ1) is 30.5. The number of aliphatic hydroxyl groups is 1. The topological polar surface area (TPSA) is 153 Å². The van der Waals surface area contributed by atoms with Gasteiger partial charge >= 0.3 is 0 Å². The Morgan fingerprint density at radius 2 is 1.98 bits per heavy atom. The number of piperidine rings is 1. The number of benzene rings is 1. The van der Waals surface area contributed by atoms with E-state index in [1.54, 1.807) is 12.1 Å². The van der Waals surface area contributed by atoms with Crippen LogP contribution in [0.1, 0.15) is 18.9 Å². The smallest absolute Gasteiger partial charge is 0.251 e. The van der Waals surface area contributed by atoms with Crippen LogP contribution in [-0.4, -0.2) is 118 Å². The Kier molecular flexibility index (Phi) is 8.97. The number of rotatable bonds is 8. The van der Waals surface area contributed by atoms with Gasteiger partial charge in [-0.2, -0.15) is 10.2 Å². The van der Waals surface area contributed by atoms with Gasteiger partial charge < -0.3 is 29.7 Å². The maximum Gasteiger partial charge on any atom is 0.251 e. The molecule has 0 saturated carbocycles. The molecule has 15 heteroatoms. The minimum Gasteiger partial charge on any atom is -0.486 e. The van der Waals surface area contributed by atoms with E-state index in [0.717, 1.165) is 26.3 Å². The lowest BCUT2D eigenvalue weighted by atomic mass is 10.0. The van der Waals surface area contributed by atoms with Gasteiger partial charge in [0, 0.05) is 50.8 Å². The molecule has 3 aliphatic heterocycles. The molecule has 0 bridgehead atoms. The number of ether oxygens (including phenoxy) is 2. The summed E-state index contributed by atoms with van der Waals surface area (Å²) in [5.74, 6) is -0.0964. The molecular formula is C30H33F2N9O4. The van der Waals surface area contributed by atoms with Crippen molar-refractivity contribution in [1.29, 1.82) is 5.26 Å². The second-order valence-corrected chi connectivity index (χ2v) is 11.2. The summed E-state index contributed by atoms with van der Waals surface area (Å²) in [6.07, 6.45) is -0.532. The molecule has 3 saturated heterocycles. The number of amides is 1. The Labute approximate surface area is 258 Å². The molecule has 3 fully saturated rings. The van der Waals surface area contributed by atoms with E-state index >= 15 is 4.39 Å². The molecule has 0 unspecified atom stereocenters. The van der Waals surface area contributed by atoms with Gasteiger partial charge in [-0.05, 0) is 25.1 Å². The second kappa shape index (κ2) is 13.2. The summed E-state index contributed by atoms with van der Waals surface area (Å²) in [5, 5.41) is 22.3. The van der Waals surface area contributed by atoms with Crippen molar-refractivity contribution in [3.05, 3.63) is 48.2 Å². The third-order valence-corrected chi connectivity index (χ3v) is 8.19. The Hall–Kier alpha value is -4.52. The fourth-order valence-electron chi connectivity index (χ4n) is 5.59. The van der Waals surface area contributed by atoms with Crippen molar-refractivity contribution in [2.75, 3.05) is 62.7 Å². The maximum atomic E-state index is 15.1. The molecule has 2 N–H and O–H groups in total. The van der Waals surface area contributed by atoms with Crippen molar-refractivity contribution in [2.45, 2.75) is 37.8 Å². The van der Waals surface area contributed by atoms with Gasteiger partial charge in [-0.25, -0.2) is 23.7 Å². The van der Waals surface area contributed by atoms with E-state index in [2.05, 4.69) is 36.2 Å². The molecule has 3 aromatic rings. The number of nitrogens with one attached hydrogen (secondary N) is 1. The molecule has 1 amide bonds. The van der Waals surface area contributed by atoms with E-state index < -0.39 is 30.1 Å². The predicted octanol–water partition coefficient (Wildman–Crippen LogP) is 1.91.